The van der Waals surface area contributed by atoms with Crippen LogP contribution in [0, 0.1) is 0 Å². The van der Waals surface area contributed by atoms with Crippen molar-refractivity contribution in [2.24, 2.45) is 0 Å². The van der Waals surface area contributed by atoms with Gasteiger partial charge in [-0.25, -0.2) is 19.7 Å². The van der Waals surface area contributed by atoms with Crippen LogP contribution in [0.25, 0.3) is 11.2 Å². The van der Waals surface area contributed by atoms with Crippen LogP contribution in [0.3, 0.4) is 0 Å². The number of nitrogens with two attached hydrogens (primary N) is 1. The normalized spacial score (nSPS) is 27.2. The Morgan fingerprint density at radius 3 is 2.64 bits per heavy atom. The lowest BCUT2D eigenvalue weighted by Crippen LogP contribution is -2.51. The number of aromatic nitrogens is 4. The van der Waals surface area contributed by atoms with Gasteiger partial charge in [0.1, 0.15) is 35.7 Å². The van der Waals surface area contributed by atoms with E-state index in [0.29, 0.717) is 23.4 Å². The second kappa shape index (κ2) is 8.10. The van der Waals surface area contributed by atoms with E-state index in [2.05, 4.69) is 25.6 Å². The van der Waals surface area contributed by atoms with Gasteiger partial charge in [0.05, 0.1) is 18.4 Å². The highest BCUT2D eigenvalue weighted by molar-refractivity contribution is 5.85. The summed E-state index contributed by atoms with van der Waals surface area (Å²) in [7, 11) is 0. The molecule has 180 valence electrons. The van der Waals surface area contributed by atoms with Crippen molar-refractivity contribution in [2.75, 3.05) is 5.73 Å². The molecule has 2 fully saturated rings. The zero-order chi connectivity index (χ0) is 24.1. The molecule has 33 heavy (non-hydrogen) atoms. The fraction of sp³-hybridized carbons (Fsp3) is 0.667. The van der Waals surface area contributed by atoms with Crippen LogP contribution in [0.4, 0.5) is 10.6 Å². The highest BCUT2D eigenvalue weighted by Gasteiger charge is 2.55. The lowest BCUT2D eigenvalue weighted by molar-refractivity contribution is -0.158. The van der Waals surface area contributed by atoms with Crippen LogP contribution in [0.5, 0.6) is 0 Å². The van der Waals surface area contributed by atoms with Crippen molar-refractivity contribution in [3.8, 4) is 0 Å². The number of amides is 2. The molecule has 3 heterocycles. The summed E-state index contributed by atoms with van der Waals surface area (Å²) in [6.45, 7) is 10.5. The van der Waals surface area contributed by atoms with E-state index >= 15 is 0 Å². The quantitative estimate of drug-likeness (QED) is 0.610. The molecule has 1 saturated heterocycles. The summed E-state index contributed by atoms with van der Waals surface area (Å²) >= 11 is 0. The summed E-state index contributed by atoms with van der Waals surface area (Å²) in [5, 5.41) is 5.57. The first-order chi connectivity index (χ1) is 15.3. The van der Waals surface area contributed by atoms with Crippen molar-refractivity contribution >= 4 is 29.0 Å². The number of ether oxygens (including phenoxy) is 3. The van der Waals surface area contributed by atoms with Gasteiger partial charge in [-0.2, -0.15) is 0 Å². The highest BCUT2D eigenvalue weighted by Crippen LogP contribution is 2.44. The fourth-order valence-electron chi connectivity index (χ4n) is 4.34. The number of imidazole rings is 1. The number of nitrogens with one attached hydrogen (secondary N) is 2. The molecule has 0 unspecified atom stereocenters. The standard InChI is InChI=1S/C21H31N7O5/c1-10(26-19(30)33-20(2,3)4)18(29)27-11-7-12(15-14(11)31-21(5,6)32-15)28-9-25-13-16(22)23-8-24-17(13)28/h8-12,14-15H,7H2,1-6H3,(H,26,30)(H,27,29)(H2,22,23,24)/t10-,11-,12+,14-,15+/m0/s1. The molecule has 1 aliphatic heterocycles. The van der Waals surface area contributed by atoms with E-state index in [9.17, 15) is 9.59 Å². The monoisotopic (exact) mass is 461 g/mol. The molecule has 12 heteroatoms. The van der Waals surface area contributed by atoms with Crippen molar-refractivity contribution in [1.29, 1.82) is 0 Å². The van der Waals surface area contributed by atoms with Gasteiger partial charge in [0.2, 0.25) is 5.91 Å². The second-order valence-electron chi connectivity index (χ2n) is 9.93. The molecule has 2 aliphatic rings. The molecule has 2 amide bonds. The fourth-order valence-corrected chi connectivity index (χ4v) is 4.34. The van der Waals surface area contributed by atoms with Gasteiger partial charge in [0, 0.05) is 0 Å². The Labute approximate surface area is 191 Å². The summed E-state index contributed by atoms with van der Waals surface area (Å²) in [6, 6.07) is -1.35. The van der Waals surface area contributed by atoms with Crippen LogP contribution in [0.2, 0.25) is 0 Å². The van der Waals surface area contributed by atoms with Crippen LogP contribution in [0.15, 0.2) is 12.7 Å². The van der Waals surface area contributed by atoms with Crippen molar-refractivity contribution in [3.05, 3.63) is 12.7 Å². The number of nitrogens with zero attached hydrogens (tertiary/aromatic N) is 4. The van der Waals surface area contributed by atoms with Gasteiger partial charge >= 0.3 is 6.09 Å². The summed E-state index contributed by atoms with van der Waals surface area (Å²) in [6.07, 6.45) is 2.18. The minimum Gasteiger partial charge on any atom is -0.444 e. The molecule has 1 aliphatic carbocycles. The smallest absolute Gasteiger partial charge is 0.408 e. The Balaban J connectivity index is 1.51. The maximum atomic E-state index is 12.9. The van der Waals surface area contributed by atoms with Gasteiger partial charge in [-0.05, 0) is 48.0 Å². The minimum absolute atomic E-state index is 0.199. The molecule has 0 bridgehead atoms. The van der Waals surface area contributed by atoms with Crippen LogP contribution in [-0.4, -0.2) is 67.2 Å². The first-order valence-electron chi connectivity index (χ1n) is 10.9. The number of rotatable bonds is 4. The summed E-state index contributed by atoms with van der Waals surface area (Å²) < 4.78 is 19.5. The Morgan fingerprint density at radius 2 is 1.94 bits per heavy atom. The zero-order valence-electron chi connectivity index (χ0n) is 19.7. The molecule has 4 N–H and O–H groups in total. The summed E-state index contributed by atoms with van der Waals surface area (Å²) in [4.78, 5) is 37.6. The number of hydrogen-bond acceptors (Lipinski definition) is 9. The molecule has 4 rings (SSSR count). The van der Waals surface area contributed by atoms with Crippen LogP contribution >= 0.6 is 0 Å². The van der Waals surface area contributed by atoms with Crippen LogP contribution in [0.1, 0.15) is 54.0 Å². The molecule has 12 nitrogen and oxygen atoms in total. The molecule has 0 aromatic carbocycles. The first-order valence-corrected chi connectivity index (χ1v) is 10.9. The van der Waals surface area contributed by atoms with Gasteiger partial charge in [-0.1, -0.05) is 0 Å². The highest BCUT2D eigenvalue weighted by atomic mass is 16.8. The number of nitrogen functional groups attached to an aromatic ring is 1. The predicted molar refractivity (Wildman–Crippen MR) is 118 cm³/mol. The third-order valence-corrected chi connectivity index (χ3v) is 5.63. The van der Waals surface area contributed by atoms with Gasteiger partial charge < -0.3 is 35.1 Å². The van der Waals surface area contributed by atoms with Crippen molar-refractivity contribution < 1.29 is 23.8 Å². The van der Waals surface area contributed by atoms with Gasteiger partial charge in [0.25, 0.3) is 0 Å². The first kappa shape index (κ1) is 23.2. The van der Waals surface area contributed by atoms with Crippen LogP contribution < -0.4 is 16.4 Å². The van der Waals surface area contributed by atoms with Gasteiger partial charge in [0.15, 0.2) is 17.3 Å². The van der Waals surface area contributed by atoms with Crippen molar-refractivity contribution in [2.45, 2.75) is 89.7 Å². The number of fused-ring (bicyclic) bond motifs is 2. The summed E-state index contributed by atoms with van der Waals surface area (Å²) in [5.74, 6) is -0.869. The third kappa shape index (κ3) is 4.71. The topological polar surface area (TPSA) is 156 Å². The molecule has 0 spiro atoms. The number of carbonyl (C=O) groups excluding carboxylic acids is 2. The number of hydrogen-bond donors (Lipinski definition) is 3. The Hall–Kier alpha value is -2.99. The minimum atomic E-state index is -0.818. The number of alkyl carbamates (subject to hydrolysis) is 1. The average Bonchev–Trinajstić information content (AvgIpc) is 3.32. The van der Waals surface area contributed by atoms with E-state index in [-0.39, 0.29) is 30.2 Å². The molecule has 2 aromatic rings. The van der Waals surface area contributed by atoms with E-state index in [1.807, 2.05) is 18.4 Å². The Bertz CT molecular complexity index is 1060. The van der Waals surface area contributed by atoms with E-state index in [0.717, 1.165) is 0 Å². The molecule has 2 aromatic heterocycles. The number of carbonyl (C=O) groups is 2. The lowest BCUT2D eigenvalue weighted by atomic mass is 10.2. The SMILES string of the molecule is C[C@H](NC(=O)OC(C)(C)C)C(=O)N[C@H]1C[C@@H](n2cnc3c(N)ncnc32)[C@H]2OC(C)(C)O[C@H]21. The summed E-state index contributed by atoms with van der Waals surface area (Å²) in [5.41, 5.74) is 6.38. The molecular weight excluding hydrogens is 430 g/mol. The number of anilines is 1. The Morgan fingerprint density at radius 1 is 1.24 bits per heavy atom. The van der Waals surface area contributed by atoms with E-state index in [1.165, 1.54) is 6.33 Å². The zero-order valence-corrected chi connectivity index (χ0v) is 19.7. The molecule has 1 saturated carbocycles. The van der Waals surface area contributed by atoms with E-state index in [4.69, 9.17) is 19.9 Å². The van der Waals surface area contributed by atoms with Gasteiger partial charge in [-0.15, -0.1) is 0 Å². The second-order valence-corrected chi connectivity index (χ2v) is 9.93. The molecule has 5 atom stereocenters. The average molecular weight is 462 g/mol. The van der Waals surface area contributed by atoms with Crippen LogP contribution in [-0.2, 0) is 19.0 Å². The third-order valence-electron chi connectivity index (χ3n) is 5.63. The molecule has 0 radical (unpaired) electrons. The predicted octanol–water partition coefficient (Wildman–Crippen LogP) is 1.27. The van der Waals surface area contributed by atoms with Crippen molar-refractivity contribution in [3.63, 3.8) is 0 Å². The Kier molecular flexibility index (Phi) is 5.69. The van der Waals surface area contributed by atoms with E-state index in [1.54, 1.807) is 34.0 Å². The van der Waals surface area contributed by atoms with E-state index < -0.39 is 23.5 Å². The lowest BCUT2D eigenvalue weighted by Gasteiger charge is -2.26. The maximum absolute atomic E-state index is 12.9. The van der Waals surface area contributed by atoms with Crippen molar-refractivity contribution in [1.82, 2.24) is 30.2 Å². The van der Waals surface area contributed by atoms with Gasteiger partial charge in [-0.3, -0.25) is 4.79 Å². The maximum Gasteiger partial charge on any atom is 0.408 e. The molecular formula is C21H31N7O5. The largest absolute Gasteiger partial charge is 0.444 e.